The van der Waals surface area contributed by atoms with Gasteiger partial charge >= 0.3 is 0 Å². The molecule has 0 radical (unpaired) electrons. The molecular weight excluding hydrogens is 366 g/mol. The molecule has 2 aliphatic rings. The second kappa shape index (κ2) is 6.48. The van der Waals surface area contributed by atoms with Crippen LogP contribution in [-0.2, 0) is 0 Å². The summed E-state index contributed by atoms with van der Waals surface area (Å²) in [6.07, 6.45) is 3.55. The van der Waals surface area contributed by atoms with E-state index in [1.54, 1.807) is 11.3 Å². The van der Waals surface area contributed by atoms with Crippen LogP contribution in [0.3, 0.4) is 0 Å². The summed E-state index contributed by atoms with van der Waals surface area (Å²) >= 11 is 7.75. The molecule has 2 fully saturated rings. The van der Waals surface area contributed by atoms with Crippen molar-refractivity contribution in [1.29, 1.82) is 0 Å². The van der Waals surface area contributed by atoms with Crippen molar-refractivity contribution < 1.29 is 4.52 Å². The first kappa shape index (κ1) is 16.5. The lowest BCUT2D eigenvalue weighted by Gasteiger charge is -2.41. The molecule has 5 rings (SSSR count). The van der Waals surface area contributed by atoms with Crippen molar-refractivity contribution in [3.8, 4) is 10.7 Å². The van der Waals surface area contributed by atoms with E-state index in [2.05, 4.69) is 29.2 Å². The van der Waals surface area contributed by atoms with Gasteiger partial charge in [0.1, 0.15) is 0 Å². The molecule has 4 nitrogen and oxygen atoms in total. The number of likely N-dealkylation sites (N-methyl/N-ethyl adjacent to an activating group) is 1. The number of rotatable bonds is 3. The predicted molar refractivity (Wildman–Crippen MR) is 104 cm³/mol. The van der Waals surface area contributed by atoms with Crippen LogP contribution in [0, 0.1) is 0 Å². The largest absolute Gasteiger partial charge is 0.339 e. The van der Waals surface area contributed by atoms with Crippen LogP contribution in [0.2, 0.25) is 5.02 Å². The van der Waals surface area contributed by atoms with Crippen molar-refractivity contribution in [3.05, 3.63) is 58.3 Å². The highest BCUT2D eigenvalue weighted by Crippen LogP contribution is 2.50. The van der Waals surface area contributed by atoms with Crippen LogP contribution in [0.1, 0.15) is 42.6 Å². The molecule has 2 saturated heterocycles. The summed E-state index contributed by atoms with van der Waals surface area (Å²) in [4.78, 5) is 8.37. The fourth-order valence-corrected chi connectivity index (χ4v) is 5.51. The smallest absolute Gasteiger partial charge is 0.232 e. The zero-order valence-electron chi connectivity index (χ0n) is 14.5. The summed E-state index contributed by atoms with van der Waals surface area (Å²) in [5, 5.41) is 7.08. The highest BCUT2D eigenvalue weighted by Gasteiger charge is 2.48. The topological polar surface area (TPSA) is 42.2 Å². The Kier molecular flexibility index (Phi) is 4.11. The third kappa shape index (κ3) is 2.70. The maximum absolute atomic E-state index is 6.11. The van der Waals surface area contributed by atoms with Crippen molar-refractivity contribution in [2.45, 2.75) is 43.2 Å². The monoisotopic (exact) mass is 385 g/mol. The van der Waals surface area contributed by atoms with Crippen LogP contribution in [0.25, 0.3) is 10.7 Å². The van der Waals surface area contributed by atoms with E-state index in [0.29, 0.717) is 23.8 Å². The second-order valence-electron chi connectivity index (χ2n) is 7.32. The summed E-state index contributed by atoms with van der Waals surface area (Å²) in [6, 6.07) is 13.4. The number of halogens is 1. The van der Waals surface area contributed by atoms with Gasteiger partial charge in [-0.05, 0) is 61.4 Å². The second-order valence-corrected chi connectivity index (χ2v) is 8.70. The fourth-order valence-electron chi connectivity index (χ4n) is 4.73. The van der Waals surface area contributed by atoms with Crippen LogP contribution < -0.4 is 0 Å². The molecule has 2 aromatic heterocycles. The quantitative estimate of drug-likeness (QED) is 0.622. The molecule has 2 aliphatic heterocycles. The van der Waals surface area contributed by atoms with Gasteiger partial charge in [0.25, 0.3) is 0 Å². The number of thiophene rings is 1. The highest BCUT2D eigenvalue weighted by atomic mass is 35.5. The summed E-state index contributed by atoms with van der Waals surface area (Å²) < 4.78 is 5.80. The van der Waals surface area contributed by atoms with Crippen molar-refractivity contribution in [3.63, 3.8) is 0 Å². The van der Waals surface area contributed by atoms with Gasteiger partial charge in [0.15, 0.2) is 0 Å². The molecule has 1 aromatic carbocycles. The molecule has 0 spiro atoms. The van der Waals surface area contributed by atoms with E-state index < -0.39 is 0 Å². The SMILES string of the molecule is CN1C2CC[C@@H]1[C@H](c1nc(-c3cccs3)no1)[C@@H](c1ccc(Cl)cc1)C2. The van der Waals surface area contributed by atoms with Gasteiger partial charge in [-0.1, -0.05) is 35.0 Å². The van der Waals surface area contributed by atoms with E-state index in [-0.39, 0.29) is 5.92 Å². The first-order chi connectivity index (χ1) is 12.7. The van der Waals surface area contributed by atoms with E-state index in [1.165, 1.54) is 18.4 Å². The third-order valence-electron chi connectivity index (χ3n) is 6.04. The molecule has 4 heterocycles. The Hall–Kier alpha value is -1.69. The molecular formula is C20H20ClN3OS. The van der Waals surface area contributed by atoms with Crippen LogP contribution >= 0.6 is 22.9 Å². The predicted octanol–water partition coefficient (Wildman–Crippen LogP) is 5.19. The van der Waals surface area contributed by atoms with Gasteiger partial charge in [-0.15, -0.1) is 11.3 Å². The lowest BCUT2D eigenvalue weighted by atomic mass is 9.76. The summed E-state index contributed by atoms with van der Waals surface area (Å²) in [5.74, 6) is 2.08. The lowest BCUT2D eigenvalue weighted by molar-refractivity contribution is 0.120. The van der Waals surface area contributed by atoms with Crippen LogP contribution in [0.4, 0.5) is 0 Å². The van der Waals surface area contributed by atoms with Crippen molar-refractivity contribution in [2.75, 3.05) is 7.05 Å². The molecule has 4 atom stereocenters. The molecule has 3 aromatic rings. The van der Waals surface area contributed by atoms with E-state index >= 15 is 0 Å². The molecule has 6 heteroatoms. The Morgan fingerprint density at radius 2 is 2.04 bits per heavy atom. The van der Waals surface area contributed by atoms with Crippen molar-refractivity contribution in [2.24, 2.45) is 0 Å². The first-order valence-corrected chi connectivity index (χ1v) is 10.3. The summed E-state index contributed by atoms with van der Waals surface area (Å²) in [5.41, 5.74) is 1.32. The van der Waals surface area contributed by atoms with Crippen molar-refractivity contribution in [1.82, 2.24) is 15.0 Å². The van der Waals surface area contributed by atoms with Gasteiger partial charge < -0.3 is 4.52 Å². The van der Waals surface area contributed by atoms with E-state index in [9.17, 15) is 0 Å². The Bertz CT molecular complexity index is 892. The highest BCUT2D eigenvalue weighted by molar-refractivity contribution is 7.13. The number of fused-ring (bicyclic) bond motifs is 2. The minimum atomic E-state index is 0.223. The van der Waals surface area contributed by atoms with Crippen LogP contribution in [0.15, 0.2) is 46.3 Å². The maximum atomic E-state index is 6.11. The summed E-state index contributed by atoms with van der Waals surface area (Å²) in [6.45, 7) is 0. The van der Waals surface area contributed by atoms with Gasteiger partial charge in [-0.3, -0.25) is 4.90 Å². The third-order valence-corrected chi connectivity index (χ3v) is 7.15. The van der Waals surface area contributed by atoms with E-state index in [0.717, 1.165) is 22.2 Å². The fraction of sp³-hybridized carbons (Fsp3) is 0.400. The molecule has 0 aliphatic carbocycles. The Morgan fingerprint density at radius 3 is 2.81 bits per heavy atom. The maximum Gasteiger partial charge on any atom is 0.232 e. The Labute approximate surface area is 161 Å². The van der Waals surface area contributed by atoms with Crippen LogP contribution in [0.5, 0.6) is 0 Å². The zero-order chi connectivity index (χ0) is 17.7. The average Bonchev–Trinajstić information content (AvgIpc) is 3.37. The number of nitrogens with zero attached hydrogens (tertiary/aromatic N) is 3. The normalized spacial score (nSPS) is 28.5. The minimum Gasteiger partial charge on any atom is -0.339 e. The number of aromatic nitrogens is 2. The first-order valence-electron chi connectivity index (χ1n) is 9.05. The molecule has 1 unspecified atom stereocenters. The van der Waals surface area contributed by atoms with Gasteiger partial charge in [0, 0.05) is 17.1 Å². The van der Waals surface area contributed by atoms with Gasteiger partial charge in [-0.25, -0.2) is 0 Å². The van der Waals surface area contributed by atoms with Crippen LogP contribution in [-0.4, -0.2) is 34.2 Å². The zero-order valence-corrected chi connectivity index (χ0v) is 16.1. The van der Waals surface area contributed by atoms with Crippen molar-refractivity contribution >= 4 is 22.9 Å². The molecule has 134 valence electrons. The number of piperidine rings is 1. The van der Waals surface area contributed by atoms with Gasteiger partial charge in [0.05, 0.1) is 10.8 Å². The number of benzene rings is 1. The molecule has 0 N–H and O–H groups in total. The molecule has 0 saturated carbocycles. The molecule has 26 heavy (non-hydrogen) atoms. The molecule has 2 bridgehead atoms. The average molecular weight is 386 g/mol. The Morgan fingerprint density at radius 1 is 1.19 bits per heavy atom. The number of hydrogen-bond donors (Lipinski definition) is 0. The standard InChI is InChI=1S/C20H20ClN3OS/c1-24-14-8-9-16(24)18(15(11-14)12-4-6-13(21)7-5-12)20-22-19(23-25-20)17-3-2-10-26-17/h2-7,10,14-16,18H,8-9,11H2,1H3/t14?,15-,16-,18-/m1/s1. The molecule has 0 amide bonds. The van der Waals surface area contributed by atoms with E-state index in [4.69, 9.17) is 21.1 Å². The summed E-state index contributed by atoms with van der Waals surface area (Å²) in [7, 11) is 2.24. The lowest BCUT2D eigenvalue weighted by Crippen LogP contribution is -2.44. The van der Waals surface area contributed by atoms with E-state index in [1.807, 2.05) is 29.6 Å². The number of hydrogen-bond acceptors (Lipinski definition) is 5. The Balaban J connectivity index is 1.55. The van der Waals surface area contributed by atoms with Gasteiger partial charge in [-0.2, -0.15) is 4.98 Å². The van der Waals surface area contributed by atoms with Gasteiger partial charge in [0.2, 0.25) is 11.7 Å². The minimum absolute atomic E-state index is 0.223.